The first-order valence-corrected chi connectivity index (χ1v) is 9.13. The molecule has 0 bridgehead atoms. The molecule has 1 aliphatic carbocycles. The summed E-state index contributed by atoms with van der Waals surface area (Å²) in [6.45, 7) is 1.42. The molecule has 6 nitrogen and oxygen atoms in total. The Balaban J connectivity index is 0.00000364. The number of ether oxygens (including phenoxy) is 3. The van der Waals surface area contributed by atoms with Crippen molar-refractivity contribution in [1.29, 1.82) is 0 Å². The lowest BCUT2D eigenvalue weighted by atomic mass is 9.97. The zero-order valence-corrected chi connectivity index (χ0v) is 19.1. The molecule has 0 heterocycles. The van der Waals surface area contributed by atoms with Gasteiger partial charge in [0, 0.05) is 25.7 Å². The van der Waals surface area contributed by atoms with Gasteiger partial charge in [0.05, 0.1) is 33.4 Å². The van der Waals surface area contributed by atoms with Gasteiger partial charge in [0.25, 0.3) is 0 Å². The molecule has 0 fully saturated rings. The highest BCUT2D eigenvalue weighted by Gasteiger charge is 2.14. The van der Waals surface area contributed by atoms with Crippen LogP contribution in [0.2, 0.25) is 0 Å². The number of hydrogen-bond acceptors (Lipinski definition) is 4. The van der Waals surface area contributed by atoms with Gasteiger partial charge < -0.3 is 24.8 Å². The molecule has 0 unspecified atom stereocenters. The molecule has 0 aliphatic heterocycles. The van der Waals surface area contributed by atoms with E-state index < -0.39 is 0 Å². The zero-order chi connectivity index (χ0) is 18.8. The number of rotatable bonds is 8. The van der Waals surface area contributed by atoms with Crippen LogP contribution in [0, 0.1) is 0 Å². The fourth-order valence-corrected chi connectivity index (χ4v) is 3.12. The Morgan fingerprint density at radius 3 is 2.26 bits per heavy atom. The van der Waals surface area contributed by atoms with Gasteiger partial charge in [-0.25, -0.2) is 0 Å². The molecular formula is C20H32IN3O3. The number of allylic oxidation sites excluding steroid dienone is 1. The number of hydrogen-bond donors (Lipinski definition) is 2. The van der Waals surface area contributed by atoms with E-state index in [1.807, 2.05) is 12.1 Å². The van der Waals surface area contributed by atoms with Crippen LogP contribution >= 0.6 is 24.0 Å². The van der Waals surface area contributed by atoms with Crippen molar-refractivity contribution in [2.24, 2.45) is 4.99 Å². The molecule has 27 heavy (non-hydrogen) atoms. The highest BCUT2D eigenvalue weighted by atomic mass is 127. The van der Waals surface area contributed by atoms with Gasteiger partial charge in [-0.15, -0.1) is 24.0 Å². The summed E-state index contributed by atoms with van der Waals surface area (Å²) in [4.78, 5) is 4.30. The van der Waals surface area contributed by atoms with E-state index in [4.69, 9.17) is 14.2 Å². The van der Waals surface area contributed by atoms with Gasteiger partial charge in [0.1, 0.15) is 17.2 Å². The van der Waals surface area contributed by atoms with Gasteiger partial charge in [0.15, 0.2) is 5.96 Å². The maximum absolute atomic E-state index is 5.49. The van der Waals surface area contributed by atoms with Crippen LogP contribution in [0.3, 0.4) is 0 Å². The monoisotopic (exact) mass is 489 g/mol. The van der Waals surface area contributed by atoms with Gasteiger partial charge in [-0.2, -0.15) is 0 Å². The standard InChI is InChI=1S/C20H31N3O3.HI/c1-21-20(22-11-10-15-8-6-5-7-9-15)23-14-17-18(25-3)12-16(24-2)13-19(17)26-4;/h8,12-13H,5-7,9-11,14H2,1-4H3,(H2,21,22,23);1H. The number of nitrogens with one attached hydrogen (secondary N) is 2. The molecule has 2 rings (SSSR count). The highest BCUT2D eigenvalue weighted by Crippen LogP contribution is 2.33. The van der Waals surface area contributed by atoms with Gasteiger partial charge >= 0.3 is 0 Å². The summed E-state index contributed by atoms with van der Waals surface area (Å²) in [6, 6.07) is 3.70. The summed E-state index contributed by atoms with van der Waals surface area (Å²) < 4.78 is 16.3. The summed E-state index contributed by atoms with van der Waals surface area (Å²) in [5, 5.41) is 6.71. The molecule has 7 heteroatoms. The molecule has 1 aromatic carbocycles. The Bertz CT molecular complexity index is 622. The molecular weight excluding hydrogens is 457 g/mol. The highest BCUT2D eigenvalue weighted by molar-refractivity contribution is 14.0. The molecule has 1 aliphatic rings. The van der Waals surface area contributed by atoms with Crippen molar-refractivity contribution in [2.45, 2.75) is 38.6 Å². The minimum absolute atomic E-state index is 0. The number of nitrogens with zero attached hydrogens (tertiary/aromatic N) is 1. The largest absolute Gasteiger partial charge is 0.496 e. The summed E-state index contributed by atoms with van der Waals surface area (Å²) >= 11 is 0. The molecule has 152 valence electrons. The minimum atomic E-state index is 0. The third-order valence-corrected chi connectivity index (χ3v) is 4.60. The predicted octanol–water partition coefficient (Wildman–Crippen LogP) is 3.89. The lowest BCUT2D eigenvalue weighted by Gasteiger charge is -2.18. The van der Waals surface area contributed by atoms with Crippen LogP contribution in [0.25, 0.3) is 0 Å². The van der Waals surface area contributed by atoms with Crippen molar-refractivity contribution in [1.82, 2.24) is 10.6 Å². The average molecular weight is 489 g/mol. The molecule has 0 atom stereocenters. The molecule has 0 radical (unpaired) electrons. The Hall–Kier alpha value is -1.64. The molecule has 1 aromatic rings. The zero-order valence-electron chi connectivity index (χ0n) is 16.8. The van der Waals surface area contributed by atoms with Crippen LogP contribution < -0.4 is 24.8 Å². The number of benzene rings is 1. The molecule has 2 N–H and O–H groups in total. The van der Waals surface area contributed by atoms with Crippen molar-refractivity contribution in [3.05, 3.63) is 29.3 Å². The van der Waals surface area contributed by atoms with Crippen LogP contribution in [0.1, 0.15) is 37.7 Å². The maximum atomic E-state index is 5.49. The molecule has 0 amide bonds. The Labute approximate surface area is 179 Å². The lowest BCUT2D eigenvalue weighted by molar-refractivity contribution is 0.368. The van der Waals surface area contributed by atoms with Crippen LogP contribution in [0.15, 0.2) is 28.8 Å². The molecule has 0 saturated carbocycles. The van der Waals surface area contributed by atoms with Crippen molar-refractivity contribution in [2.75, 3.05) is 34.9 Å². The van der Waals surface area contributed by atoms with Gasteiger partial charge in [0.2, 0.25) is 0 Å². The van der Waals surface area contributed by atoms with Gasteiger partial charge in [-0.05, 0) is 32.1 Å². The van der Waals surface area contributed by atoms with E-state index in [1.54, 1.807) is 34.0 Å². The Morgan fingerprint density at radius 2 is 1.74 bits per heavy atom. The first kappa shape index (κ1) is 23.4. The fraction of sp³-hybridized carbons (Fsp3) is 0.550. The van der Waals surface area contributed by atoms with E-state index >= 15 is 0 Å². The Morgan fingerprint density at radius 1 is 1.04 bits per heavy atom. The number of methoxy groups -OCH3 is 3. The maximum Gasteiger partial charge on any atom is 0.191 e. The summed E-state index contributed by atoms with van der Waals surface area (Å²) in [7, 11) is 6.68. The van der Waals surface area contributed by atoms with Crippen LogP contribution in [-0.2, 0) is 6.54 Å². The van der Waals surface area contributed by atoms with E-state index in [0.29, 0.717) is 12.3 Å². The van der Waals surface area contributed by atoms with Crippen LogP contribution in [0.5, 0.6) is 17.2 Å². The summed E-state index contributed by atoms with van der Waals surface area (Å²) in [5.41, 5.74) is 2.48. The van der Waals surface area contributed by atoms with Crippen LogP contribution in [0.4, 0.5) is 0 Å². The van der Waals surface area contributed by atoms with E-state index in [0.717, 1.165) is 36.0 Å². The average Bonchev–Trinajstić information content (AvgIpc) is 2.70. The Kier molecular flexibility index (Phi) is 11.0. The number of halogens is 1. The fourth-order valence-electron chi connectivity index (χ4n) is 3.12. The summed E-state index contributed by atoms with van der Waals surface area (Å²) in [5.74, 6) is 2.90. The minimum Gasteiger partial charge on any atom is -0.496 e. The summed E-state index contributed by atoms with van der Waals surface area (Å²) in [6.07, 6.45) is 8.54. The molecule has 0 spiro atoms. The molecule has 0 saturated heterocycles. The SMILES string of the molecule is CN=C(NCCC1=CCCCC1)NCc1c(OC)cc(OC)cc1OC.I. The van der Waals surface area contributed by atoms with Crippen molar-refractivity contribution in [3.63, 3.8) is 0 Å². The quantitative estimate of drug-likeness (QED) is 0.251. The smallest absolute Gasteiger partial charge is 0.191 e. The third kappa shape index (κ3) is 7.12. The third-order valence-electron chi connectivity index (χ3n) is 4.60. The van der Waals surface area contributed by atoms with Crippen LogP contribution in [-0.4, -0.2) is 40.9 Å². The second kappa shape index (κ2) is 12.7. The second-order valence-electron chi connectivity index (χ2n) is 6.22. The lowest BCUT2D eigenvalue weighted by Crippen LogP contribution is -2.37. The van der Waals surface area contributed by atoms with Gasteiger partial charge in [-0.3, -0.25) is 4.99 Å². The van der Waals surface area contributed by atoms with Gasteiger partial charge in [-0.1, -0.05) is 11.6 Å². The molecule has 0 aromatic heterocycles. The van der Waals surface area contributed by atoms with E-state index in [2.05, 4.69) is 21.7 Å². The topological polar surface area (TPSA) is 64.1 Å². The van der Waals surface area contributed by atoms with E-state index in [9.17, 15) is 0 Å². The first-order chi connectivity index (χ1) is 12.7. The van der Waals surface area contributed by atoms with E-state index in [1.165, 1.54) is 25.7 Å². The normalized spacial score (nSPS) is 13.9. The van der Waals surface area contributed by atoms with Crippen molar-refractivity contribution < 1.29 is 14.2 Å². The number of aliphatic imine (C=N–C) groups is 1. The first-order valence-electron chi connectivity index (χ1n) is 9.13. The predicted molar refractivity (Wildman–Crippen MR) is 121 cm³/mol. The second-order valence-corrected chi connectivity index (χ2v) is 6.22. The van der Waals surface area contributed by atoms with Crippen molar-refractivity contribution in [3.8, 4) is 17.2 Å². The van der Waals surface area contributed by atoms with E-state index in [-0.39, 0.29) is 24.0 Å². The number of guanidine groups is 1. The van der Waals surface area contributed by atoms with Crippen molar-refractivity contribution >= 4 is 29.9 Å².